The lowest BCUT2D eigenvalue weighted by atomic mass is 10.1. The summed E-state index contributed by atoms with van der Waals surface area (Å²) in [6, 6.07) is 0. The van der Waals surface area contributed by atoms with E-state index < -0.39 is 24.4 Å². The molecule has 0 saturated heterocycles. The highest BCUT2D eigenvalue weighted by Gasteiger charge is 2.25. The van der Waals surface area contributed by atoms with Gasteiger partial charge in [-0.15, -0.1) is 0 Å². The van der Waals surface area contributed by atoms with Gasteiger partial charge in [-0.05, 0) is 0 Å². The van der Waals surface area contributed by atoms with E-state index in [1.54, 1.807) is 0 Å². The molecule has 0 aromatic carbocycles. The summed E-state index contributed by atoms with van der Waals surface area (Å²) >= 11 is 0. The van der Waals surface area contributed by atoms with Gasteiger partial charge in [0.2, 0.25) is 0 Å². The van der Waals surface area contributed by atoms with Gasteiger partial charge in [-0.1, -0.05) is 5.18 Å². The topological polar surface area (TPSA) is 104 Å². The minimum Gasteiger partial charge on any atom is -0.481 e. The zero-order chi connectivity index (χ0) is 8.15. The average Bonchev–Trinajstić information content (AvgIpc) is 1.81. The molecule has 0 aliphatic heterocycles. The van der Waals surface area contributed by atoms with Crippen LogP contribution in [0.15, 0.2) is 5.18 Å². The Labute approximate surface area is 55.4 Å². The van der Waals surface area contributed by atoms with E-state index in [0.717, 1.165) is 0 Å². The summed E-state index contributed by atoms with van der Waals surface area (Å²) in [4.78, 5) is 29.3. The smallest absolute Gasteiger partial charge is 0.319 e. The van der Waals surface area contributed by atoms with Crippen LogP contribution >= 0.6 is 0 Å². The number of aliphatic carboxylic acids is 2. The van der Waals surface area contributed by atoms with Gasteiger partial charge in [0.15, 0.2) is 5.92 Å². The molecule has 0 aromatic rings. The van der Waals surface area contributed by atoms with Crippen LogP contribution in [0.25, 0.3) is 0 Å². The summed E-state index contributed by atoms with van der Waals surface area (Å²) in [6.07, 6.45) is 0. The zero-order valence-corrected chi connectivity index (χ0v) is 4.85. The molecule has 0 aromatic heterocycles. The fourth-order valence-corrected chi connectivity index (χ4v) is 0.336. The molecule has 0 fully saturated rings. The van der Waals surface area contributed by atoms with Gasteiger partial charge in [-0.25, -0.2) is 0 Å². The molecular formula is C4H5NO5. The first kappa shape index (κ1) is 8.54. The highest BCUT2D eigenvalue weighted by atomic mass is 16.4. The summed E-state index contributed by atoms with van der Waals surface area (Å²) in [6.45, 7) is -0.731. The Kier molecular flexibility index (Phi) is 3.03. The largest absolute Gasteiger partial charge is 0.481 e. The van der Waals surface area contributed by atoms with Crippen LogP contribution in [0.5, 0.6) is 0 Å². The van der Waals surface area contributed by atoms with Crippen LogP contribution in [0, 0.1) is 10.8 Å². The number of nitroso groups, excluding NO2 is 1. The molecule has 10 heavy (non-hydrogen) atoms. The molecule has 6 nitrogen and oxygen atoms in total. The molecule has 0 radical (unpaired) electrons. The predicted octanol–water partition coefficient (Wildman–Crippen LogP) is -0.462. The Morgan fingerprint density at radius 2 is 1.70 bits per heavy atom. The maximum Gasteiger partial charge on any atom is 0.319 e. The van der Waals surface area contributed by atoms with Crippen molar-refractivity contribution in [2.24, 2.45) is 11.1 Å². The number of carbonyl (C=O) groups is 2. The van der Waals surface area contributed by atoms with Crippen molar-refractivity contribution in [3.05, 3.63) is 4.91 Å². The molecule has 0 unspecified atom stereocenters. The lowest BCUT2D eigenvalue weighted by Crippen LogP contribution is -2.25. The van der Waals surface area contributed by atoms with E-state index in [-0.39, 0.29) is 0 Å². The lowest BCUT2D eigenvalue weighted by Gasteiger charge is -1.98. The predicted molar refractivity (Wildman–Crippen MR) is 29.4 cm³/mol. The van der Waals surface area contributed by atoms with Crippen molar-refractivity contribution >= 4 is 11.9 Å². The van der Waals surface area contributed by atoms with Crippen LogP contribution < -0.4 is 0 Å². The Balaban J connectivity index is 4.11. The Hall–Kier alpha value is -1.46. The first-order valence-corrected chi connectivity index (χ1v) is 2.34. The number of carboxylic acids is 2. The maximum absolute atomic E-state index is 9.95. The molecule has 0 spiro atoms. The van der Waals surface area contributed by atoms with Crippen molar-refractivity contribution in [2.75, 3.05) is 6.54 Å². The van der Waals surface area contributed by atoms with Gasteiger partial charge >= 0.3 is 11.9 Å². The first-order valence-electron chi connectivity index (χ1n) is 2.34. The zero-order valence-electron chi connectivity index (χ0n) is 4.85. The van der Waals surface area contributed by atoms with Crippen molar-refractivity contribution in [2.45, 2.75) is 0 Å². The third kappa shape index (κ3) is 2.21. The minimum absolute atomic E-state index is 0.731. The van der Waals surface area contributed by atoms with Crippen molar-refractivity contribution in [3.63, 3.8) is 0 Å². The van der Waals surface area contributed by atoms with Crippen LogP contribution in [0.4, 0.5) is 0 Å². The third-order valence-corrected chi connectivity index (χ3v) is 0.853. The molecule has 0 aliphatic carbocycles. The van der Waals surface area contributed by atoms with Crippen molar-refractivity contribution in [1.29, 1.82) is 0 Å². The number of rotatable bonds is 4. The van der Waals surface area contributed by atoms with Crippen molar-refractivity contribution in [3.8, 4) is 0 Å². The van der Waals surface area contributed by atoms with E-state index >= 15 is 0 Å². The summed E-state index contributed by atoms with van der Waals surface area (Å²) in [5.41, 5.74) is 0. The molecule has 0 bridgehead atoms. The van der Waals surface area contributed by atoms with E-state index in [9.17, 15) is 14.5 Å². The fourth-order valence-electron chi connectivity index (χ4n) is 0.336. The minimum atomic E-state index is -1.71. The normalized spacial score (nSPS) is 9.30. The van der Waals surface area contributed by atoms with Crippen LogP contribution in [-0.4, -0.2) is 28.7 Å². The summed E-state index contributed by atoms with van der Waals surface area (Å²) in [7, 11) is 0. The van der Waals surface area contributed by atoms with Gasteiger partial charge in [-0.2, -0.15) is 4.91 Å². The molecule has 0 aliphatic rings. The molecule has 56 valence electrons. The number of nitrogens with zero attached hydrogens (tertiary/aromatic N) is 1. The lowest BCUT2D eigenvalue weighted by molar-refractivity contribution is -0.153. The fraction of sp³-hybridized carbons (Fsp3) is 0.500. The van der Waals surface area contributed by atoms with Crippen molar-refractivity contribution < 1.29 is 19.8 Å². The first-order chi connectivity index (χ1) is 4.59. The average molecular weight is 147 g/mol. The third-order valence-electron chi connectivity index (χ3n) is 0.853. The number of carboxylic acid groups (broad SMARTS) is 2. The van der Waals surface area contributed by atoms with Gasteiger partial charge in [0.25, 0.3) is 0 Å². The molecule has 0 amide bonds. The molecule has 0 atom stereocenters. The van der Waals surface area contributed by atoms with Gasteiger partial charge in [0.1, 0.15) is 6.54 Å². The Morgan fingerprint density at radius 3 is 1.80 bits per heavy atom. The molecule has 0 heterocycles. The summed E-state index contributed by atoms with van der Waals surface area (Å²) < 4.78 is 0. The SMILES string of the molecule is O=NCC(C(=O)O)C(=O)O. The van der Waals surface area contributed by atoms with Crippen LogP contribution in [-0.2, 0) is 9.59 Å². The molecule has 0 rings (SSSR count). The Morgan fingerprint density at radius 1 is 1.30 bits per heavy atom. The van der Waals surface area contributed by atoms with E-state index in [0.29, 0.717) is 0 Å². The van der Waals surface area contributed by atoms with Gasteiger partial charge < -0.3 is 10.2 Å². The maximum atomic E-state index is 9.95. The van der Waals surface area contributed by atoms with Gasteiger partial charge in [0, 0.05) is 0 Å². The van der Waals surface area contributed by atoms with Crippen molar-refractivity contribution in [1.82, 2.24) is 0 Å². The molecule has 6 heteroatoms. The quantitative estimate of drug-likeness (QED) is 0.413. The number of hydrogen-bond acceptors (Lipinski definition) is 4. The molecule has 0 saturated carbocycles. The number of hydrogen-bond donors (Lipinski definition) is 2. The van der Waals surface area contributed by atoms with E-state index in [1.807, 2.05) is 0 Å². The van der Waals surface area contributed by atoms with Gasteiger partial charge in [0.05, 0.1) is 0 Å². The van der Waals surface area contributed by atoms with Crippen LogP contribution in [0.2, 0.25) is 0 Å². The monoisotopic (exact) mass is 147 g/mol. The standard InChI is InChI=1S/C4H5NO5/c6-3(7)2(1-5-10)4(8)9/h2H,1H2,(H,6,7)(H,8,9). The highest BCUT2D eigenvalue weighted by Crippen LogP contribution is 1.96. The summed E-state index contributed by atoms with van der Waals surface area (Å²) in [5, 5.41) is 18.4. The highest BCUT2D eigenvalue weighted by molar-refractivity contribution is 5.93. The van der Waals surface area contributed by atoms with Crippen LogP contribution in [0.3, 0.4) is 0 Å². The molecular weight excluding hydrogens is 142 g/mol. The van der Waals surface area contributed by atoms with Crippen LogP contribution in [0.1, 0.15) is 0 Å². The second kappa shape index (κ2) is 3.54. The van der Waals surface area contributed by atoms with E-state index in [4.69, 9.17) is 10.2 Å². The Bertz CT molecular complexity index is 151. The summed E-state index contributed by atoms with van der Waals surface area (Å²) in [5.74, 6) is -4.81. The molecule has 2 N–H and O–H groups in total. The second-order valence-corrected chi connectivity index (χ2v) is 1.54. The van der Waals surface area contributed by atoms with Gasteiger partial charge in [-0.3, -0.25) is 9.59 Å². The second-order valence-electron chi connectivity index (χ2n) is 1.54. The van der Waals surface area contributed by atoms with E-state index in [2.05, 4.69) is 5.18 Å². The van der Waals surface area contributed by atoms with E-state index in [1.165, 1.54) is 0 Å².